The lowest BCUT2D eigenvalue weighted by Gasteiger charge is -2.46. The Bertz CT molecular complexity index is 1060. The van der Waals surface area contributed by atoms with E-state index in [2.05, 4.69) is 59.3 Å². The summed E-state index contributed by atoms with van der Waals surface area (Å²) in [6.45, 7) is 8.98. The van der Waals surface area contributed by atoms with Gasteiger partial charge in [0, 0.05) is 37.3 Å². The van der Waals surface area contributed by atoms with Gasteiger partial charge in [-0.1, -0.05) is 60.7 Å². The molecule has 1 amide bonds. The van der Waals surface area contributed by atoms with E-state index < -0.39 is 0 Å². The molecule has 0 aromatic heterocycles. The van der Waals surface area contributed by atoms with Crippen molar-refractivity contribution in [2.45, 2.75) is 45.4 Å². The SMILES string of the molecule is CC1CN(CCCCNC(=O)c2ccccc2)CC(C)N1c1ccccc1OCc1ccccc1.Cl.Cl. The molecule has 2 unspecified atom stereocenters. The number of hydrogen-bond donors (Lipinski definition) is 1. The predicted octanol–water partition coefficient (Wildman–Crippen LogP) is 6.22. The molecule has 0 spiro atoms. The third-order valence-corrected chi connectivity index (χ3v) is 6.60. The maximum absolute atomic E-state index is 12.2. The lowest BCUT2D eigenvalue weighted by atomic mass is 10.1. The van der Waals surface area contributed by atoms with Crippen LogP contribution < -0.4 is 15.0 Å². The molecule has 0 saturated carbocycles. The zero-order chi connectivity index (χ0) is 24.5. The Morgan fingerprint density at radius 2 is 1.43 bits per heavy atom. The molecule has 4 rings (SSSR count). The Labute approximate surface area is 234 Å². The normalized spacial score (nSPS) is 17.3. The summed E-state index contributed by atoms with van der Waals surface area (Å²) < 4.78 is 6.25. The van der Waals surface area contributed by atoms with Gasteiger partial charge in [-0.15, -0.1) is 24.8 Å². The summed E-state index contributed by atoms with van der Waals surface area (Å²) in [7, 11) is 0. The van der Waals surface area contributed by atoms with Crippen LogP contribution in [-0.4, -0.2) is 49.1 Å². The van der Waals surface area contributed by atoms with Crippen LogP contribution in [-0.2, 0) is 6.61 Å². The van der Waals surface area contributed by atoms with Crippen LogP contribution in [0.1, 0.15) is 42.6 Å². The summed E-state index contributed by atoms with van der Waals surface area (Å²) in [6.07, 6.45) is 2.06. The molecule has 0 radical (unpaired) electrons. The van der Waals surface area contributed by atoms with E-state index >= 15 is 0 Å². The first-order valence-electron chi connectivity index (χ1n) is 12.7. The summed E-state index contributed by atoms with van der Waals surface area (Å²) in [6, 6.07) is 28.9. The molecule has 3 aromatic rings. The van der Waals surface area contributed by atoms with Crippen LogP contribution in [0, 0.1) is 0 Å². The molecule has 2 atom stereocenters. The Morgan fingerprint density at radius 1 is 0.838 bits per heavy atom. The molecule has 7 heteroatoms. The lowest BCUT2D eigenvalue weighted by molar-refractivity contribution is 0.0952. The van der Waals surface area contributed by atoms with Crippen LogP contribution in [0.25, 0.3) is 0 Å². The van der Waals surface area contributed by atoms with Crippen molar-refractivity contribution in [3.05, 3.63) is 96.1 Å². The van der Waals surface area contributed by atoms with E-state index in [9.17, 15) is 4.79 Å². The van der Waals surface area contributed by atoms with E-state index in [1.807, 2.05) is 54.6 Å². The number of nitrogens with zero attached hydrogens (tertiary/aromatic N) is 2. The highest BCUT2D eigenvalue weighted by Crippen LogP contribution is 2.33. The van der Waals surface area contributed by atoms with E-state index in [1.165, 1.54) is 11.3 Å². The second-order valence-corrected chi connectivity index (χ2v) is 9.44. The van der Waals surface area contributed by atoms with E-state index in [-0.39, 0.29) is 30.7 Å². The van der Waals surface area contributed by atoms with E-state index in [0.717, 1.165) is 43.8 Å². The van der Waals surface area contributed by atoms with Crippen molar-refractivity contribution in [1.82, 2.24) is 10.2 Å². The Morgan fingerprint density at radius 3 is 2.11 bits per heavy atom. The van der Waals surface area contributed by atoms with Crippen molar-refractivity contribution < 1.29 is 9.53 Å². The molecular formula is C30H39Cl2N3O2. The minimum atomic E-state index is 0. The van der Waals surface area contributed by atoms with Gasteiger partial charge in [0.15, 0.2) is 0 Å². The van der Waals surface area contributed by atoms with Crippen LogP contribution in [0.4, 0.5) is 5.69 Å². The molecule has 1 heterocycles. The van der Waals surface area contributed by atoms with Crippen LogP contribution in [0.3, 0.4) is 0 Å². The summed E-state index contributed by atoms with van der Waals surface area (Å²) in [5.74, 6) is 0.951. The zero-order valence-corrected chi connectivity index (χ0v) is 23.3. The van der Waals surface area contributed by atoms with Gasteiger partial charge in [0.25, 0.3) is 5.91 Å². The first-order chi connectivity index (χ1) is 17.1. The number of carbonyl (C=O) groups excluding carboxylic acids is 1. The quantitative estimate of drug-likeness (QED) is 0.308. The van der Waals surface area contributed by atoms with Crippen LogP contribution in [0.2, 0.25) is 0 Å². The van der Waals surface area contributed by atoms with Gasteiger partial charge in [0.1, 0.15) is 12.4 Å². The fraction of sp³-hybridized carbons (Fsp3) is 0.367. The molecular weight excluding hydrogens is 505 g/mol. The summed E-state index contributed by atoms with van der Waals surface area (Å²) in [5, 5.41) is 3.03. The van der Waals surface area contributed by atoms with Crippen molar-refractivity contribution >= 4 is 36.4 Å². The van der Waals surface area contributed by atoms with Crippen molar-refractivity contribution in [2.75, 3.05) is 31.1 Å². The van der Waals surface area contributed by atoms with Gasteiger partial charge in [-0.25, -0.2) is 0 Å². The number of carbonyl (C=O) groups is 1. The third-order valence-electron chi connectivity index (χ3n) is 6.60. The fourth-order valence-corrected chi connectivity index (χ4v) is 4.97. The molecule has 37 heavy (non-hydrogen) atoms. The molecule has 0 aliphatic carbocycles. The Kier molecular flexibility index (Phi) is 12.8. The predicted molar refractivity (Wildman–Crippen MR) is 158 cm³/mol. The monoisotopic (exact) mass is 543 g/mol. The van der Waals surface area contributed by atoms with Crippen LogP contribution in [0.5, 0.6) is 5.75 Å². The Balaban J connectivity index is 0.00000241. The molecule has 200 valence electrons. The topological polar surface area (TPSA) is 44.8 Å². The van der Waals surface area contributed by atoms with Gasteiger partial charge in [0.2, 0.25) is 0 Å². The van der Waals surface area contributed by atoms with E-state index in [4.69, 9.17) is 4.74 Å². The van der Waals surface area contributed by atoms with Gasteiger partial charge in [0.05, 0.1) is 5.69 Å². The number of unbranched alkanes of at least 4 members (excludes halogenated alkanes) is 1. The van der Waals surface area contributed by atoms with Crippen molar-refractivity contribution in [2.24, 2.45) is 0 Å². The Hall–Kier alpha value is -2.73. The summed E-state index contributed by atoms with van der Waals surface area (Å²) in [5.41, 5.74) is 3.07. The molecule has 3 aromatic carbocycles. The minimum Gasteiger partial charge on any atom is -0.487 e. The molecule has 1 aliphatic rings. The number of ether oxygens (including phenoxy) is 1. The van der Waals surface area contributed by atoms with Crippen LogP contribution >= 0.6 is 24.8 Å². The van der Waals surface area contributed by atoms with Gasteiger partial charge in [-0.3, -0.25) is 9.69 Å². The second kappa shape index (κ2) is 15.5. The van der Waals surface area contributed by atoms with Crippen molar-refractivity contribution in [3.8, 4) is 5.75 Å². The number of benzene rings is 3. The number of para-hydroxylation sites is 2. The number of nitrogens with one attached hydrogen (secondary N) is 1. The van der Waals surface area contributed by atoms with Crippen molar-refractivity contribution in [3.63, 3.8) is 0 Å². The average molecular weight is 545 g/mol. The molecule has 0 bridgehead atoms. The number of piperazine rings is 1. The lowest BCUT2D eigenvalue weighted by Crippen LogP contribution is -2.57. The number of halogens is 2. The fourth-order valence-electron chi connectivity index (χ4n) is 4.97. The van der Waals surface area contributed by atoms with E-state index in [1.54, 1.807) is 0 Å². The number of anilines is 1. The highest BCUT2D eigenvalue weighted by atomic mass is 35.5. The molecule has 1 fully saturated rings. The maximum atomic E-state index is 12.2. The molecule has 1 aliphatic heterocycles. The highest BCUT2D eigenvalue weighted by Gasteiger charge is 2.30. The standard InChI is InChI=1S/C30H37N3O2.2ClH/c1-24-21-32(20-12-11-19-31-30(34)27-15-7-4-8-16-27)22-25(2)33(24)28-17-9-10-18-29(28)35-23-26-13-5-3-6-14-26;;/h3-10,13-18,24-25H,11-12,19-23H2,1-2H3,(H,31,34);2*1H. The van der Waals surface area contributed by atoms with Gasteiger partial charge >= 0.3 is 0 Å². The number of rotatable bonds is 10. The first kappa shape index (κ1) is 30.5. The molecule has 5 nitrogen and oxygen atoms in total. The summed E-state index contributed by atoms with van der Waals surface area (Å²) in [4.78, 5) is 17.2. The first-order valence-corrected chi connectivity index (χ1v) is 12.7. The number of hydrogen-bond acceptors (Lipinski definition) is 4. The highest BCUT2D eigenvalue weighted by molar-refractivity contribution is 5.94. The number of amides is 1. The van der Waals surface area contributed by atoms with Gasteiger partial charge in [-0.2, -0.15) is 0 Å². The van der Waals surface area contributed by atoms with Crippen molar-refractivity contribution in [1.29, 1.82) is 0 Å². The largest absolute Gasteiger partial charge is 0.487 e. The minimum absolute atomic E-state index is 0. The molecule has 1 saturated heterocycles. The van der Waals surface area contributed by atoms with Gasteiger partial charge in [-0.05, 0) is 63.1 Å². The van der Waals surface area contributed by atoms with E-state index in [0.29, 0.717) is 25.2 Å². The average Bonchev–Trinajstić information content (AvgIpc) is 2.88. The smallest absolute Gasteiger partial charge is 0.251 e. The second-order valence-electron chi connectivity index (χ2n) is 9.44. The zero-order valence-electron chi connectivity index (χ0n) is 21.7. The van der Waals surface area contributed by atoms with Crippen LogP contribution in [0.15, 0.2) is 84.9 Å². The third kappa shape index (κ3) is 8.67. The molecule has 1 N–H and O–H groups in total. The summed E-state index contributed by atoms with van der Waals surface area (Å²) >= 11 is 0. The van der Waals surface area contributed by atoms with Gasteiger partial charge < -0.3 is 15.0 Å². The maximum Gasteiger partial charge on any atom is 0.251 e.